The normalized spacial score (nSPS) is 11.5. The Hall–Kier alpha value is -0.480. The molecule has 0 saturated carbocycles. The van der Waals surface area contributed by atoms with Crippen LogP contribution in [0.4, 0.5) is 0 Å². The first-order valence-electron chi connectivity index (χ1n) is 17.0. The molecular weight excluding hydrogens is 588 g/mol. The zero-order valence-electron chi connectivity index (χ0n) is 30.7. The summed E-state index contributed by atoms with van der Waals surface area (Å²) in [5, 5.41) is 16.5. The largest absolute Gasteiger partial charge is 0.396 e. The Morgan fingerprint density at radius 2 is 0.800 bits per heavy atom. The van der Waals surface area contributed by atoms with Crippen LogP contribution in [0.3, 0.4) is 0 Å². The molecule has 0 aliphatic carbocycles. The van der Waals surface area contributed by atoms with Crippen LogP contribution in [-0.2, 0) is 47.4 Å². The van der Waals surface area contributed by atoms with Gasteiger partial charge in [-0.15, -0.1) is 0 Å². The Kier molecular flexibility index (Phi) is 54.7. The molecule has 0 aromatic carbocycles. The lowest BCUT2D eigenvalue weighted by molar-refractivity contribution is -0.147. The second-order valence-corrected chi connectivity index (χ2v) is 9.11. The van der Waals surface area contributed by atoms with Gasteiger partial charge < -0.3 is 57.6 Å². The Balaban J connectivity index is -0.000000282. The molecule has 0 radical (unpaired) electrons. The molecule has 0 aliphatic heterocycles. The Morgan fingerprint density at radius 3 is 1.11 bits per heavy atom. The first kappa shape index (κ1) is 51.4. The van der Waals surface area contributed by atoms with Crippen molar-refractivity contribution in [2.24, 2.45) is 0 Å². The van der Waals surface area contributed by atoms with Gasteiger partial charge in [0.25, 0.3) is 0 Å². The molecule has 0 fully saturated rings. The third kappa shape index (κ3) is 48.0. The van der Waals surface area contributed by atoms with E-state index in [2.05, 4.69) is 18.6 Å². The van der Waals surface area contributed by atoms with Gasteiger partial charge in [-0.25, -0.2) is 0 Å². The average molecular weight is 663 g/mol. The maximum atomic E-state index is 8.53. The molecule has 12 nitrogen and oxygen atoms in total. The maximum Gasteiger partial charge on any atom is 0.159 e. The highest BCUT2D eigenvalue weighted by Crippen LogP contribution is 2.03. The summed E-state index contributed by atoms with van der Waals surface area (Å²) in [6.07, 6.45) is 4.26. The molecule has 1 atom stereocenters. The van der Waals surface area contributed by atoms with Crippen LogP contribution in [-0.4, -0.2) is 135 Å². The number of rotatable bonds is 29. The number of ether oxygens (including phenoxy) is 10. The zero-order valence-corrected chi connectivity index (χ0v) is 30.7. The minimum Gasteiger partial charge on any atom is -0.396 e. The van der Waals surface area contributed by atoms with E-state index in [0.29, 0.717) is 65.9 Å². The first-order valence-corrected chi connectivity index (χ1v) is 17.0. The Labute approximate surface area is 276 Å². The monoisotopic (exact) mass is 663 g/mol. The van der Waals surface area contributed by atoms with Gasteiger partial charge in [0.05, 0.1) is 39.1 Å². The van der Waals surface area contributed by atoms with Crippen LogP contribution < -0.4 is 0 Å². The molecule has 45 heavy (non-hydrogen) atoms. The van der Waals surface area contributed by atoms with Crippen LogP contribution in [0, 0.1) is 0 Å². The Bertz CT molecular complexity index is 422. The molecule has 0 bridgehead atoms. The van der Waals surface area contributed by atoms with Crippen molar-refractivity contribution in [1.82, 2.24) is 0 Å². The van der Waals surface area contributed by atoms with Gasteiger partial charge in [0.2, 0.25) is 0 Å². The fourth-order valence-electron chi connectivity index (χ4n) is 3.31. The van der Waals surface area contributed by atoms with Crippen molar-refractivity contribution >= 4 is 0 Å². The van der Waals surface area contributed by atoms with E-state index in [0.717, 1.165) is 45.5 Å². The standard InChI is InChI=1S/C15H32O5.C8H18O2.C7H16O3.C3H8O2/c1-5-18-14(4)8-10-16-12-13-17-11-9-15(19-6-2)20-7-3;1-4-7-8(9-5-2)10-6-3;1-3-9-7(5-6-8)10-4-2;1-5-3-2-4/h14-15H,5-13H2,1-4H3;8H,4-7H2,1-3H3;7-8H,3-6H2,1-2H3;4H,2-3H2,1H3. The molecule has 2 N–H and O–H groups in total. The molecule has 0 saturated heterocycles. The van der Waals surface area contributed by atoms with Crippen molar-refractivity contribution in [1.29, 1.82) is 0 Å². The van der Waals surface area contributed by atoms with Gasteiger partial charge in [-0.05, 0) is 68.2 Å². The van der Waals surface area contributed by atoms with Gasteiger partial charge in [0.1, 0.15) is 0 Å². The van der Waals surface area contributed by atoms with Crippen LogP contribution in [0.15, 0.2) is 0 Å². The zero-order chi connectivity index (χ0) is 34.8. The van der Waals surface area contributed by atoms with Crippen molar-refractivity contribution < 1.29 is 57.6 Å². The number of aliphatic hydroxyl groups is 2. The van der Waals surface area contributed by atoms with Crippen LogP contribution in [0.2, 0.25) is 0 Å². The van der Waals surface area contributed by atoms with Crippen LogP contribution >= 0.6 is 0 Å². The molecule has 0 amide bonds. The summed E-state index contributed by atoms with van der Waals surface area (Å²) in [4.78, 5) is 0. The van der Waals surface area contributed by atoms with E-state index >= 15 is 0 Å². The molecule has 0 spiro atoms. The summed E-state index contributed by atoms with van der Waals surface area (Å²) in [5.74, 6) is 0. The van der Waals surface area contributed by atoms with E-state index in [-0.39, 0.29) is 38.2 Å². The highest BCUT2D eigenvalue weighted by Gasteiger charge is 2.08. The highest BCUT2D eigenvalue weighted by molar-refractivity contribution is 4.49. The lowest BCUT2D eigenvalue weighted by Gasteiger charge is -2.16. The topological polar surface area (TPSA) is 133 Å². The van der Waals surface area contributed by atoms with Gasteiger partial charge in [0.15, 0.2) is 18.9 Å². The second-order valence-electron chi connectivity index (χ2n) is 9.11. The van der Waals surface area contributed by atoms with Gasteiger partial charge >= 0.3 is 0 Å². The predicted molar refractivity (Wildman–Crippen MR) is 179 cm³/mol. The van der Waals surface area contributed by atoms with Gasteiger partial charge in [-0.1, -0.05) is 13.3 Å². The van der Waals surface area contributed by atoms with Crippen LogP contribution in [0.5, 0.6) is 0 Å². The van der Waals surface area contributed by atoms with Crippen molar-refractivity contribution in [3.8, 4) is 0 Å². The highest BCUT2D eigenvalue weighted by atomic mass is 16.7. The van der Waals surface area contributed by atoms with E-state index in [1.54, 1.807) is 7.11 Å². The smallest absolute Gasteiger partial charge is 0.159 e. The van der Waals surface area contributed by atoms with Crippen LogP contribution in [0.1, 0.15) is 94.4 Å². The third-order valence-corrected chi connectivity index (χ3v) is 5.29. The lowest BCUT2D eigenvalue weighted by Crippen LogP contribution is -2.20. The summed E-state index contributed by atoms with van der Waals surface area (Å²) in [7, 11) is 1.55. The van der Waals surface area contributed by atoms with Gasteiger partial charge in [-0.3, -0.25) is 0 Å². The second kappa shape index (κ2) is 47.9. The van der Waals surface area contributed by atoms with Crippen molar-refractivity contribution in [2.75, 3.05) is 99.6 Å². The quantitative estimate of drug-likeness (QED) is 0.0806. The molecule has 0 aromatic rings. The van der Waals surface area contributed by atoms with Gasteiger partial charge in [-0.2, -0.15) is 0 Å². The number of methoxy groups -OCH3 is 1. The average Bonchev–Trinajstić information content (AvgIpc) is 3.01. The lowest BCUT2D eigenvalue weighted by atomic mass is 10.3. The predicted octanol–water partition coefficient (Wildman–Crippen LogP) is 5.20. The van der Waals surface area contributed by atoms with Crippen LogP contribution in [0.25, 0.3) is 0 Å². The molecule has 12 heteroatoms. The maximum absolute atomic E-state index is 8.53. The number of hydrogen-bond donors (Lipinski definition) is 2. The van der Waals surface area contributed by atoms with Crippen molar-refractivity contribution in [3.63, 3.8) is 0 Å². The number of aliphatic hydroxyl groups excluding tert-OH is 2. The molecule has 0 rings (SSSR count). The van der Waals surface area contributed by atoms with Gasteiger partial charge in [0, 0.05) is 79.4 Å². The van der Waals surface area contributed by atoms with E-state index in [9.17, 15) is 0 Å². The number of hydrogen-bond acceptors (Lipinski definition) is 12. The molecule has 0 aromatic heterocycles. The van der Waals surface area contributed by atoms with E-state index in [1.807, 2.05) is 48.5 Å². The summed E-state index contributed by atoms with van der Waals surface area (Å²) in [5.41, 5.74) is 0. The van der Waals surface area contributed by atoms with Crippen molar-refractivity contribution in [3.05, 3.63) is 0 Å². The molecule has 0 aliphatic rings. The minimum absolute atomic E-state index is 0.0278. The minimum atomic E-state index is -0.222. The van der Waals surface area contributed by atoms with Crippen molar-refractivity contribution in [2.45, 2.75) is 119 Å². The first-order chi connectivity index (χ1) is 21.8. The van der Waals surface area contributed by atoms with E-state index in [4.69, 9.17) is 52.8 Å². The van der Waals surface area contributed by atoms with E-state index in [1.165, 1.54) is 0 Å². The fourth-order valence-corrected chi connectivity index (χ4v) is 3.31. The molecule has 1 unspecified atom stereocenters. The summed E-state index contributed by atoms with van der Waals surface area (Å²) in [6.45, 7) is 26.0. The molecule has 278 valence electrons. The fraction of sp³-hybridized carbons (Fsp3) is 1.00. The molecular formula is C33H74O12. The summed E-state index contributed by atoms with van der Waals surface area (Å²) >= 11 is 0. The summed E-state index contributed by atoms with van der Waals surface area (Å²) in [6, 6.07) is 0. The van der Waals surface area contributed by atoms with E-state index < -0.39 is 0 Å². The third-order valence-electron chi connectivity index (χ3n) is 5.29. The summed E-state index contributed by atoms with van der Waals surface area (Å²) < 4.78 is 52.6. The SMILES string of the molecule is CCCC(OCC)OCC.CCOC(C)CCOCCOCCC(OCC)OCC.CCOC(CCO)OCC.COCCO. The Morgan fingerprint density at radius 1 is 0.422 bits per heavy atom. The molecule has 0 heterocycles.